The number of tetrazole rings is 1. The second kappa shape index (κ2) is 10.2. The number of benzene rings is 3. The smallest absolute Gasteiger partial charge is 0.259 e. The molecule has 0 aliphatic carbocycles. The number of nitrogens with one attached hydrogen (secondary N) is 2. The summed E-state index contributed by atoms with van der Waals surface area (Å²) in [6.45, 7) is 2.40. The van der Waals surface area contributed by atoms with Crippen LogP contribution in [-0.4, -0.2) is 26.5 Å². The number of aryl methyl sites for hydroxylation is 1. The van der Waals surface area contributed by atoms with Crippen LogP contribution < -0.4 is 10.1 Å². The highest BCUT2D eigenvalue weighted by Gasteiger charge is 2.20. The van der Waals surface area contributed by atoms with E-state index in [4.69, 9.17) is 9.15 Å². The number of ether oxygens (including phenoxy) is 1. The Balaban J connectivity index is 1.28. The summed E-state index contributed by atoms with van der Waals surface area (Å²) in [5, 5.41) is 17.4. The summed E-state index contributed by atoms with van der Waals surface area (Å²) in [5.41, 5.74) is 4.16. The molecule has 0 bridgehead atoms. The number of fused-ring (bicyclic) bond motifs is 1. The lowest BCUT2D eigenvalue weighted by Gasteiger charge is -2.09. The molecule has 8 heteroatoms. The van der Waals surface area contributed by atoms with Crippen LogP contribution in [0, 0.1) is 0 Å². The normalized spacial score (nSPS) is 11.0. The minimum atomic E-state index is -0.155. The number of H-pyrrole nitrogens is 1. The maximum atomic E-state index is 13.2. The van der Waals surface area contributed by atoms with Crippen molar-refractivity contribution in [1.82, 2.24) is 20.6 Å². The number of carbonyl (C=O) groups is 1. The number of nitrogens with zero attached hydrogens (tertiary/aromatic N) is 3. The van der Waals surface area contributed by atoms with Gasteiger partial charge >= 0.3 is 0 Å². The van der Waals surface area contributed by atoms with Crippen molar-refractivity contribution >= 4 is 22.6 Å². The third kappa shape index (κ3) is 5.06. The van der Waals surface area contributed by atoms with Crippen molar-refractivity contribution in [2.75, 3.05) is 5.32 Å². The second-order valence-corrected chi connectivity index (χ2v) is 8.19. The Morgan fingerprint density at radius 1 is 1.00 bits per heavy atom. The lowest BCUT2D eigenvalue weighted by molar-refractivity contribution is 0.102. The van der Waals surface area contributed by atoms with Gasteiger partial charge in [0.15, 0.2) is 5.82 Å². The quantitative estimate of drug-likeness (QED) is 0.284. The van der Waals surface area contributed by atoms with Crippen LogP contribution in [0.1, 0.15) is 41.7 Å². The molecule has 176 valence electrons. The van der Waals surface area contributed by atoms with Crippen molar-refractivity contribution in [3.63, 3.8) is 0 Å². The van der Waals surface area contributed by atoms with E-state index in [1.807, 2.05) is 72.8 Å². The predicted octanol–water partition coefficient (Wildman–Crippen LogP) is 5.79. The molecule has 0 saturated carbocycles. The first-order chi connectivity index (χ1) is 17.2. The molecule has 3 aromatic carbocycles. The van der Waals surface area contributed by atoms with Gasteiger partial charge in [-0.25, -0.2) is 5.10 Å². The van der Waals surface area contributed by atoms with Gasteiger partial charge < -0.3 is 14.5 Å². The van der Waals surface area contributed by atoms with Gasteiger partial charge in [0, 0.05) is 17.5 Å². The van der Waals surface area contributed by atoms with Crippen molar-refractivity contribution in [2.24, 2.45) is 0 Å². The van der Waals surface area contributed by atoms with Gasteiger partial charge in [-0.05, 0) is 58.3 Å². The first-order valence-electron chi connectivity index (χ1n) is 11.6. The molecule has 2 N–H and O–H groups in total. The summed E-state index contributed by atoms with van der Waals surface area (Å²) in [4.78, 5) is 13.2. The second-order valence-electron chi connectivity index (χ2n) is 8.19. The zero-order chi connectivity index (χ0) is 24.0. The van der Waals surface area contributed by atoms with Gasteiger partial charge in [-0.1, -0.05) is 55.8 Å². The molecule has 35 heavy (non-hydrogen) atoms. The van der Waals surface area contributed by atoms with Crippen molar-refractivity contribution in [3.8, 4) is 16.9 Å². The zero-order valence-corrected chi connectivity index (χ0v) is 19.3. The molecule has 5 rings (SSSR count). The van der Waals surface area contributed by atoms with Gasteiger partial charge in [-0.3, -0.25) is 4.79 Å². The molecule has 2 heterocycles. The fraction of sp³-hybridized carbons (Fsp3) is 0.185. The number of anilines is 1. The van der Waals surface area contributed by atoms with Crippen LogP contribution in [0.5, 0.6) is 5.75 Å². The molecular weight excluding hydrogens is 442 g/mol. The van der Waals surface area contributed by atoms with Crippen molar-refractivity contribution < 1.29 is 13.9 Å². The van der Waals surface area contributed by atoms with Crippen molar-refractivity contribution in [1.29, 1.82) is 0 Å². The Labute approximate surface area is 202 Å². The Kier molecular flexibility index (Phi) is 6.52. The maximum Gasteiger partial charge on any atom is 0.259 e. The standard InChI is InChI=1S/C27H25N5O3/c1-2-3-7-24-26(22-6-4-5-8-23(22)35-24)27(33)28-20-13-9-18(10-14-20)19-11-15-21(16-12-19)34-17-25-29-31-32-30-25/h4-6,8-16H,2-3,7,17H2,1H3,(H,28,33)(H,29,30,31,32). The van der Waals surface area contributed by atoms with E-state index in [0.29, 0.717) is 11.4 Å². The van der Waals surface area contributed by atoms with Crippen LogP contribution in [0.2, 0.25) is 0 Å². The van der Waals surface area contributed by atoms with Crippen molar-refractivity contribution in [2.45, 2.75) is 32.8 Å². The molecule has 0 aliphatic rings. The zero-order valence-electron chi connectivity index (χ0n) is 19.3. The first kappa shape index (κ1) is 22.3. The average molecular weight is 468 g/mol. The van der Waals surface area contributed by atoms with E-state index >= 15 is 0 Å². The number of hydrogen-bond donors (Lipinski definition) is 2. The van der Waals surface area contributed by atoms with Gasteiger partial charge in [0.2, 0.25) is 0 Å². The Bertz CT molecular complexity index is 1410. The summed E-state index contributed by atoms with van der Waals surface area (Å²) < 4.78 is 11.7. The number of furan rings is 1. The van der Waals surface area contributed by atoms with Crippen LogP contribution >= 0.6 is 0 Å². The maximum absolute atomic E-state index is 13.2. The van der Waals surface area contributed by atoms with Crippen LogP contribution in [0.25, 0.3) is 22.1 Å². The summed E-state index contributed by atoms with van der Waals surface area (Å²) in [7, 11) is 0. The molecule has 5 aromatic rings. The summed E-state index contributed by atoms with van der Waals surface area (Å²) in [6, 6.07) is 23.2. The first-order valence-corrected chi connectivity index (χ1v) is 11.6. The Morgan fingerprint density at radius 3 is 2.46 bits per heavy atom. The van der Waals surface area contributed by atoms with E-state index in [1.165, 1.54) is 0 Å². The fourth-order valence-electron chi connectivity index (χ4n) is 3.93. The van der Waals surface area contributed by atoms with Gasteiger partial charge in [0.25, 0.3) is 5.91 Å². The molecule has 0 unspecified atom stereocenters. The number of hydrogen-bond acceptors (Lipinski definition) is 6. The molecule has 0 aliphatic heterocycles. The number of carbonyl (C=O) groups excluding carboxylic acids is 1. The van der Waals surface area contributed by atoms with E-state index in [0.717, 1.165) is 58.6 Å². The molecule has 8 nitrogen and oxygen atoms in total. The summed E-state index contributed by atoms with van der Waals surface area (Å²) in [6.07, 6.45) is 2.74. The molecule has 0 fully saturated rings. The monoisotopic (exact) mass is 467 g/mol. The van der Waals surface area contributed by atoms with Crippen LogP contribution in [0.3, 0.4) is 0 Å². The lowest BCUT2D eigenvalue weighted by Crippen LogP contribution is -2.13. The lowest BCUT2D eigenvalue weighted by atomic mass is 10.0. The molecule has 1 amide bonds. The number of aromatic nitrogens is 4. The fourth-order valence-corrected chi connectivity index (χ4v) is 3.93. The Morgan fingerprint density at radius 2 is 1.74 bits per heavy atom. The van der Waals surface area contributed by atoms with Gasteiger partial charge in [-0.15, -0.1) is 5.10 Å². The molecule has 0 spiro atoms. The van der Waals surface area contributed by atoms with Gasteiger partial charge in [0.1, 0.15) is 23.7 Å². The van der Waals surface area contributed by atoms with E-state index < -0.39 is 0 Å². The molecule has 0 saturated heterocycles. The molecule has 0 radical (unpaired) electrons. The SMILES string of the molecule is CCCCc1oc2ccccc2c1C(=O)Nc1ccc(-c2ccc(OCc3nnn[nH]3)cc2)cc1. The topological polar surface area (TPSA) is 106 Å². The number of amides is 1. The molecule has 2 aromatic heterocycles. The van der Waals surface area contributed by atoms with E-state index in [9.17, 15) is 4.79 Å². The molecular formula is C27H25N5O3. The largest absolute Gasteiger partial charge is 0.486 e. The number of rotatable bonds is 9. The van der Waals surface area contributed by atoms with Crippen LogP contribution in [0.15, 0.2) is 77.2 Å². The minimum absolute atomic E-state index is 0.155. The molecule has 0 atom stereocenters. The summed E-state index contributed by atoms with van der Waals surface area (Å²) in [5.74, 6) is 1.87. The number of unbranched alkanes of at least 4 members (excludes halogenated alkanes) is 1. The van der Waals surface area contributed by atoms with Gasteiger partial charge in [0.05, 0.1) is 5.56 Å². The summed E-state index contributed by atoms with van der Waals surface area (Å²) >= 11 is 0. The van der Waals surface area contributed by atoms with E-state index in [2.05, 4.69) is 32.9 Å². The predicted molar refractivity (Wildman–Crippen MR) is 133 cm³/mol. The average Bonchev–Trinajstić information content (AvgIpc) is 3.55. The van der Waals surface area contributed by atoms with E-state index in [-0.39, 0.29) is 12.5 Å². The number of para-hydroxylation sites is 1. The Hall–Kier alpha value is -4.46. The van der Waals surface area contributed by atoms with Crippen molar-refractivity contribution in [3.05, 3.63) is 89.9 Å². The number of aromatic amines is 1. The minimum Gasteiger partial charge on any atom is -0.486 e. The highest BCUT2D eigenvalue weighted by molar-refractivity contribution is 6.13. The third-order valence-corrected chi connectivity index (χ3v) is 5.75. The van der Waals surface area contributed by atoms with Crippen LogP contribution in [0.4, 0.5) is 5.69 Å². The highest BCUT2D eigenvalue weighted by atomic mass is 16.5. The van der Waals surface area contributed by atoms with E-state index in [1.54, 1.807) is 0 Å². The highest BCUT2D eigenvalue weighted by Crippen LogP contribution is 2.29. The van der Waals surface area contributed by atoms with Crippen LogP contribution in [-0.2, 0) is 13.0 Å². The van der Waals surface area contributed by atoms with Gasteiger partial charge in [-0.2, -0.15) is 0 Å². The third-order valence-electron chi connectivity index (χ3n) is 5.75.